The Balaban J connectivity index is 0. The van der Waals surface area contributed by atoms with Gasteiger partial charge in [-0.2, -0.15) is 25.3 Å². The van der Waals surface area contributed by atoms with Crippen molar-refractivity contribution >= 4 is 50.5 Å². The maximum Gasteiger partial charge on any atom is 0.189 e. The smallest absolute Gasteiger partial charge is 0.189 e. The van der Waals surface area contributed by atoms with Crippen LogP contribution >= 0.6 is 50.5 Å². The average molecular weight is 365 g/mol. The van der Waals surface area contributed by atoms with Crippen molar-refractivity contribution in [2.75, 3.05) is 37.9 Å². The van der Waals surface area contributed by atoms with Gasteiger partial charge in [-0.1, -0.05) is 19.8 Å². The molecule has 0 heterocycles. The van der Waals surface area contributed by atoms with Gasteiger partial charge in [0.15, 0.2) is 4.27 Å². The molecule has 0 fully saturated rings. The molecule has 1 N–H and O–H groups in total. The molecule has 0 aliphatic heterocycles. The van der Waals surface area contributed by atoms with E-state index in [4.69, 9.17) is 14.7 Å². The summed E-state index contributed by atoms with van der Waals surface area (Å²) in [5.41, 5.74) is 0. The molecular formula is C12H28O4S4. The Morgan fingerprint density at radius 2 is 1.40 bits per heavy atom. The first-order valence-corrected chi connectivity index (χ1v) is 8.84. The number of unbranched alkanes of at least 4 members (excludes halogenated alkanes) is 2. The topological polar surface area (TPSA) is 47.9 Å². The quantitative estimate of drug-likeness (QED) is 0.121. The molecule has 0 saturated heterocycles. The third-order valence-corrected chi connectivity index (χ3v) is 3.07. The zero-order chi connectivity index (χ0) is 15.7. The van der Waals surface area contributed by atoms with Crippen LogP contribution in [0.4, 0.5) is 0 Å². The number of ether oxygens (including phenoxy) is 2. The fourth-order valence-electron chi connectivity index (χ4n) is 1.10. The molecule has 0 amide bonds. The highest BCUT2D eigenvalue weighted by atomic mass is 32.2. The van der Waals surface area contributed by atoms with Crippen LogP contribution in [-0.2, 0) is 14.4 Å². The van der Waals surface area contributed by atoms with E-state index in [9.17, 15) is 0 Å². The number of thiol groups is 4. The van der Waals surface area contributed by atoms with Gasteiger partial charge in [0, 0.05) is 11.5 Å². The molecule has 4 nitrogen and oxygen atoms in total. The highest BCUT2D eigenvalue weighted by Crippen LogP contribution is 2.26. The zero-order valence-corrected chi connectivity index (χ0v) is 15.6. The van der Waals surface area contributed by atoms with Crippen molar-refractivity contribution in [1.82, 2.24) is 0 Å². The van der Waals surface area contributed by atoms with Gasteiger partial charge in [0.2, 0.25) is 0 Å². The van der Waals surface area contributed by atoms with Crippen LogP contribution in [0.2, 0.25) is 0 Å². The van der Waals surface area contributed by atoms with E-state index in [1.165, 1.54) is 0 Å². The van der Waals surface area contributed by atoms with Crippen molar-refractivity contribution in [3.63, 3.8) is 0 Å². The van der Waals surface area contributed by atoms with E-state index >= 15 is 0 Å². The minimum atomic E-state index is -0.963. The molecule has 0 aromatic rings. The van der Waals surface area contributed by atoms with E-state index in [-0.39, 0.29) is 0 Å². The molecule has 0 aliphatic carbocycles. The summed E-state index contributed by atoms with van der Waals surface area (Å²) in [6.07, 6.45) is 3.89. The number of hydrogen-bond donors (Lipinski definition) is 5. The van der Waals surface area contributed by atoms with Crippen molar-refractivity contribution in [3.05, 3.63) is 0 Å². The predicted molar refractivity (Wildman–Crippen MR) is 97.9 cm³/mol. The molecule has 0 rings (SSSR count). The lowest BCUT2D eigenvalue weighted by molar-refractivity contribution is -0.265. The van der Waals surface area contributed by atoms with Crippen LogP contribution in [-0.4, -0.2) is 47.5 Å². The Hall–Kier alpha value is 1.24. The highest BCUT2D eigenvalue weighted by molar-refractivity contribution is 8.00. The molecule has 0 aliphatic rings. The molecule has 0 atom stereocenters. The molecule has 124 valence electrons. The summed E-state index contributed by atoms with van der Waals surface area (Å²) in [4.78, 5) is 4.01. The third-order valence-electron chi connectivity index (χ3n) is 2.10. The Kier molecular flexibility index (Phi) is 21.5. The average Bonchev–Trinajstić information content (AvgIpc) is 2.44. The molecule has 0 saturated carbocycles. The van der Waals surface area contributed by atoms with Crippen molar-refractivity contribution in [2.24, 2.45) is 0 Å². The summed E-state index contributed by atoms with van der Waals surface area (Å²) >= 11 is 15.9. The Morgan fingerprint density at radius 1 is 0.900 bits per heavy atom. The lowest BCUT2D eigenvalue weighted by atomic mass is 10.2. The third kappa shape index (κ3) is 21.5. The normalized spacial score (nSPS) is 11.1. The van der Waals surface area contributed by atoms with Crippen molar-refractivity contribution in [3.8, 4) is 0 Å². The van der Waals surface area contributed by atoms with Gasteiger partial charge in [-0.05, 0) is 12.8 Å². The van der Waals surface area contributed by atoms with E-state index < -0.39 is 4.27 Å². The summed E-state index contributed by atoms with van der Waals surface area (Å²) < 4.78 is 9.24. The molecule has 0 aromatic heterocycles. The second-order valence-corrected chi connectivity index (χ2v) is 6.66. The van der Waals surface area contributed by atoms with Gasteiger partial charge in [0.05, 0.1) is 26.4 Å². The number of hydrogen-bond acceptors (Lipinski definition) is 8. The monoisotopic (exact) mass is 364 g/mol. The Labute approximate surface area is 144 Å². The number of rotatable bonds is 12. The summed E-state index contributed by atoms with van der Waals surface area (Å²) in [6, 6.07) is 0. The van der Waals surface area contributed by atoms with Crippen LogP contribution in [0.5, 0.6) is 0 Å². The molecule has 0 spiro atoms. The van der Waals surface area contributed by atoms with Gasteiger partial charge in [0.25, 0.3) is 0 Å². The molecule has 0 aromatic carbocycles. The van der Waals surface area contributed by atoms with Crippen LogP contribution in [0.3, 0.4) is 0 Å². The van der Waals surface area contributed by atoms with Crippen LogP contribution < -0.4 is 0 Å². The predicted octanol–water partition coefficient (Wildman–Crippen LogP) is 3.45. The molecular weight excluding hydrogens is 336 g/mol. The second-order valence-electron chi connectivity index (χ2n) is 3.96. The van der Waals surface area contributed by atoms with Crippen molar-refractivity contribution in [2.45, 2.75) is 36.9 Å². The highest BCUT2D eigenvalue weighted by Gasteiger charge is 2.19. The van der Waals surface area contributed by atoms with Crippen LogP contribution in [0.15, 0.2) is 0 Å². The first-order valence-electron chi connectivity index (χ1n) is 6.68. The first-order chi connectivity index (χ1) is 9.54. The van der Waals surface area contributed by atoms with Gasteiger partial charge in [0.1, 0.15) is 0 Å². The fourth-order valence-corrected chi connectivity index (χ4v) is 1.68. The lowest BCUT2D eigenvalue weighted by Crippen LogP contribution is -2.15. The molecule has 0 bridgehead atoms. The second kappa shape index (κ2) is 18.3. The summed E-state index contributed by atoms with van der Waals surface area (Å²) in [5, 5.41) is 8.24. The minimum Gasteiger partial charge on any atom is -0.378 e. The summed E-state index contributed by atoms with van der Waals surface area (Å²) in [5.74, 6) is 1.54. The van der Waals surface area contributed by atoms with Gasteiger partial charge < -0.3 is 9.47 Å². The summed E-state index contributed by atoms with van der Waals surface area (Å²) in [7, 11) is 0. The first kappa shape index (κ1) is 23.5. The van der Waals surface area contributed by atoms with Crippen LogP contribution in [0, 0.1) is 0 Å². The lowest BCUT2D eigenvalue weighted by Gasteiger charge is -2.17. The fraction of sp³-hybridized carbons (Fsp3) is 1.00. The maximum absolute atomic E-state index is 8.24. The standard InChI is InChI=1S/2C6H14O2S2/c9-5-3-7-1-2-8-4-6-10;1-2-3-4-5-6(9,10)8-7/h9-10H,1-6H2;7,9-10H,2-5H2,1H3. The van der Waals surface area contributed by atoms with Gasteiger partial charge in [-0.15, -0.1) is 25.3 Å². The summed E-state index contributed by atoms with van der Waals surface area (Å²) in [6.45, 7) is 4.84. The van der Waals surface area contributed by atoms with Gasteiger partial charge in [-0.25, -0.2) is 10.1 Å². The molecule has 0 unspecified atom stereocenters. The Bertz CT molecular complexity index is 177. The SMILES string of the molecule is CCCCCC(S)(S)OO.SCCOCCOCCS. The van der Waals surface area contributed by atoms with E-state index in [0.717, 1.165) is 30.8 Å². The van der Waals surface area contributed by atoms with E-state index in [1.807, 2.05) is 0 Å². The van der Waals surface area contributed by atoms with E-state index in [2.05, 4.69) is 62.3 Å². The molecule has 8 heteroatoms. The van der Waals surface area contributed by atoms with Gasteiger partial charge >= 0.3 is 0 Å². The Morgan fingerprint density at radius 3 is 1.75 bits per heavy atom. The van der Waals surface area contributed by atoms with E-state index in [1.54, 1.807) is 0 Å². The molecule has 0 radical (unpaired) electrons. The van der Waals surface area contributed by atoms with Crippen molar-refractivity contribution < 1.29 is 19.6 Å². The van der Waals surface area contributed by atoms with E-state index in [0.29, 0.717) is 32.8 Å². The zero-order valence-electron chi connectivity index (χ0n) is 12.0. The molecule has 20 heavy (non-hydrogen) atoms. The van der Waals surface area contributed by atoms with Crippen LogP contribution in [0.1, 0.15) is 32.6 Å². The van der Waals surface area contributed by atoms with Gasteiger partial charge in [-0.3, -0.25) is 0 Å². The maximum atomic E-state index is 8.24. The minimum absolute atomic E-state index is 0.656. The van der Waals surface area contributed by atoms with Crippen molar-refractivity contribution in [1.29, 1.82) is 0 Å². The largest absolute Gasteiger partial charge is 0.378 e. The van der Waals surface area contributed by atoms with Crippen LogP contribution in [0.25, 0.3) is 0 Å².